The summed E-state index contributed by atoms with van der Waals surface area (Å²) in [5, 5.41) is 0. The smallest absolute Gasteiger partial charge is 0.206 e. The zero-order chi connectivity index (χ0) is 13.4. The van der Waals surface area contributed by atoms with Crippen LogP contribution >= 0.6 is 0 Å². The minimum Gasteiger partial charge on any atom is -0.206 e. The normalized spacial score (nSPS) is 9.56. The fourth-order valence-electron chi connectivity index (χ4n) is 0.866. The van der Waals surface area contributed by atoms with E-state index >= 15 is 0 Å². The van der Waals surface area contributed by atoms with Crippen LogP contribution in [0.1, 0.15) is 38.8 Å². The molecular formula is C12H18F4. The van der Waals surface area contributed by atoms with Gasteiger partial charge < -0.3 is 0 Å². The van der Waals surface area contributed by atoms with Gasteiger partial charge in [-0.05, 0) is 18.6 Å². The van der Waals surface area contributed by atoms with Crippen molar-refractivity contribution in [1.29, 1.82) is 0 Å². The van der Waals surface area contributed by atoms with Gasteiger partial charge in [-0.2, -0.15) is 13.2 Å². The summed E-state index contributed by atoms with van der Waals surface area (Å²) in [5.74, 6) is -1.19. The maximum Gasteiger partial charge on any atom is 0.419 e. The van der Waals surface area contributed by atoms with E-state index in [-0.39, 0.29) is 5.56 Å². The first kappa shape index (κ1) is 17.3. The molecule has 0 heterocycles. The molecule has 0 aliphatic carbocycles. The largest absolute Gasteiger partial charge is 0.419 e. The van der Waals surface area contributed by atoms with Gasteiger partial charge in [0.05, 0.1) is 5.56 Å². The predicted octanol–water partition coefficient (Wildman–Crippen LogP) is 5.21. The first-order valence-corrected chi connectivity index (χ1v) is 5.25. The number of hydrogen-bond donors (Lipinski definition) is 0. The Bertz CT molecular complexity index is 290. The molecule has 1 aromatic rings. The molecule has 4 heteroatoms. The Kier molecular flexibility index (Phi) is 8.81. The van der Waals surface area contributed by atoms with Crippen molar-refractivity contribution in [3.8, 4) is 0 Å². The molecule has 0 fully saturated rings. The van der Waals surface area contributed by atoms with Crippen molar-refractivity contribution in [2.45, 2.75) is 40.8 Å². The van der Waals surface area contributed by atoms with Gasteiger partial charge in [-0.1, -0.05) is 39.8 Å². The monoisotopic (exact) mass is 238 g/mol. The van der Waals surface area contributed by atoms with E-state index < -0.39 is 17.6 Å². The van der Waals surface area contributed by atoms with E-state index in [0.717, 1.165) is 6.07 Å². The van der Waals surface area contributed by atoms with Gasteiger partial charge in [0.2, 0.25) is 0 Å². The lowest BCUT2D eigenvalue weighted by molar-refractivity contribution is -0.140. The molecule has 0 radical (unpaired) electrons. The van der Waals surface area contributed by atoms with Crippen molar-refractivity contribution in [3.63, 3.8) is 0 Å². The third-order valence-corrected chi connectivity index (χ3v) is 1.50. The Morgan fingerprint density at radius 3 is 1.69 bits per heavy atom. The number of halogens is 4. The quantitative estimate of drug-likeness (QED) is 0.544. The average molecular weight is 238 g/mol. The summed E-state index contributed by atoms with van der Waals surface area (Å²) in [6.45, 7) is 9.30. The number of rotatable bonds is 0. The van der Waals surface area contributed by atoms with Crippen LogP contribution in [-0.2, 0) is 6.18 Å². The third kappa shape index (κ3) is 5.14. The van der Waals surface area contributed by atoms with E-state index in [1.807, 2.05) is 27.7 Å². The minimum atomic E-state index is -4.60. The van der Waals surface area contributed by atoms with Crippen molar-refractivity contribution in [2.24, 2.45) is 0 Å². The summed E-state index contributed by atoms with van der Waals surface area (Å²) in [5.41, 5.74) is -1.20. The summed E-state index contributed by atoms with van der Waals surface area (Å²) in [6.07, 6.45) is -4.60. The highest BCUT2D eigenvalue weighted by molar-refractivity contribution is 5.26. The fraction of sp³-hybridized carbons (Fsp3) is 0.500. The highest BCUT2D eigenvalue weighted by Gasteiger charge is 2.34. The standard InChI is InChI=1S/C8H6F4.2C2H6/c1-5-3-2-4-6(7(5)9)8(10,11)12;2*1-2/h2-4H,1H3;2*1-2H3. The van der Waals surface area contributed by atoms with Gasteiger partial charge in [0.1, 0.15) is 5.82 Å². The lowest BCUT2D eigenvalue weighted by Gasteiger charge is -2.08. The van der Waals surface area contributed by atoms with Crippen LogP contribution in [0.4, 0.5) is 17.6 Å². The molecule has 0 spiro atoms. The van der Waals surface area contributed by atoms with E-state index in [1.54, 1.807) is 0 Å². The van der Waals surface area contributed by atoms with Gasteiger partial charge in [0, 0.05) is 0 Å². The van der Waals surface area contributed by atoms with Crippen LogP contribution in [0.2, 0.25) is 0 Å². The van der Waals surface area contributed by atoms with E-state index in [0.29, 0.717) is 0 Å². The van der Waals surface area contributed by atoms with Crippen molar-refractivity contribution in [2.75, 3.05) is 0 Å². The second-order valence-electron chi connectivity index (χ2n) is 2.43. The zero-order valence-electron chi connectivity index (χ0n) is 10.2. The summed E-state index contributed by atoms with van der Waals surface area (Å²) in [6, 6.07) is 3.20. The van der Waals surface area contributed by atoms with Gasteiger partial charge in [0.25, 0.3) is 0 Å². The molecule has 0 aliphatic heterocycles. The SMILES string of the molecule is CC.CC.Cc1cccc(C(F)(F)F)c1F. The van der Waals surface area contributed by atoms with E-state index in [4.69, 9.17) is 0 Å². The van der Waals surface area contributed by atoms with Crippen LogP contribution in [0.15, 0.2) is 18.2 Å². The maximum atomic E-state index is 12.8. The lowest BCUT2D eigenvalue weighted by atomic mass is 10.1. The van der Waals surface area contributed by atoms with Gasteiger partial charge in [-0.3, -0.25) is 0 Å². The highest BCUT2D eigenvalue weighted by Crippen LogP contribution is 2.31. The molecule has 0 aliphatic rings. The van der Waals surface area contributed by atoms with Crippen LogP contribution in [0.3, 0.4) is 0 Å². The van der Waals surface area contributed by atoms with E-state index in [1.165, 1.54) is 19.1 Å². The Labute approximate surface area is 94.3 Å². The average Bonchev–Trinajstić information content (AvgIpc) is 2.26. The van der Waals surface area contributed by atoms with Crippen molar-refractivity contribution < 1.29 is 17.6 Å². The molecule has 0 saturated heterocycles. The van der Waals surface area contributed by atoms with Crippen LogP contribution in [0, 0.1) is 12.7 Å². The van der Waals surface area contributed by atoms with Crippen LogP contribution in [-0.4, -0.2) is 0 Å². The molecule has 16 heavy (non-hydrogen) atoms. The van der Waals surface area contributed by atoms with Crippen molar-refractivity contribution >= 4 is 0 Å². The van der Waals surface area contributed by atoms with Crippen LogP contribution in [0.5, 0.6) is 0 Å². The molecule has 0 unspecified atom stereocenters. The lowest BCUT2D eigenvalue weighted by Crippen LogP contribution is -2.08. The van der Waals surface area contributed by atoms with Gasteiger partial charge in [0.15, 0.2) is 0 Å². The highest BCUT2D eigenvalue weighted by atomic mass is 19.4. The molecule has 0 saturated carbocycles. The molecule has 0 aromatic heterocycles. The number of benzene rings is 1. The van der Waals surface area contributed by atoms with Crippen molar-refractivity contribution in [1.82, 2.24) is 0 Å². The number of hydrogen-bond acceptors (Lipinski definition) is 0. The summed E-state index contributed by atoms with van der Waals surface area (Å²) in [7, 11) is 0. The molecule has 0 N–H and O–H groups in total. The number of aryl methyl sites for hydroxylation is 1. The Hall–Kier alpha value is -1.06. The Morgan fingerprint density at radius 2 is 1.38 bits per heavy atom. The second-order valence-corrected chi connectivity index (χ2v) is 2.43. The number of alkyl halides is 3. The molecule has 1 aromatic carbocycles. The molecule has 0 amide bonds. The Morgan fingerprint density at radius 1 is 0.938 bits per heavy atom. The molecule has 0 bridgehead atoms. The topological polar surface area (TPSA) is 0 Å². The maximum absolute atomic E-state index is 12.8. The summed E-state index contributed by atoms with van der Waals surface area (Å²) < 4.78 is 48.7. The molecule has 1 rings (SSSR count). The van der Waals surface area contributed by atoms with E-state index in [2.05, 4.69) is 0 Å². The molecule has 0 nitrogen and oxygen atoms in total. The van der Waals surface area contributed by atoms with Gasteiger partial charge in [-0.15, -0.1) is 0 Å². The van der Waals surface area contributed by atoms with Gasteiger partial charge in [-0.25, -0.2) is 4.39 Å². The van der Waals surface area contributed by atoms with E-state index in [9.17, 15) is 17.6 Å². The first-order valence-electron chi connectivity index (χ1n) is 5.25. The van der Waals surface area contributed by atoms with Crippen molar-refractivity contribution in [3.05, 3.63) is 35.1 Å². The molecule has 94 valence electrons. The van der Waals surface area contributed by atoms with Gasteiger partial charge >= 0.3 is 6.18 Å². The molecular weight excluding hydrogens is 220 g/mol. The second kappa shape index (κ2) is 8.13. The predicted molar refractivity (Wildman–Crippen MR) is 58.8 cm³/mol. The summed E-state index contributed by atoms with van der Waals surface area (Å²) >= 11 is 0. The molecule has 0 atom stereocenters. The fourth-order valence-corrected chi connectivity index (χ4v) is 0.866. The first-order chi connectivity index (χ1) is 7.43. The third-order valence-electron chi connectivity index (χ3n) is 1.50. The Balaban J connectivity index is 0. The van der Waals surface area contributed by atoms with Crippen LogP contribution in [0.25, 0.3) is 0 Å². The van der Waals surface area contributed by atoms with Crippen LogP contribution < -0.4 is 0 Å². The minimum absolute atomic E-state index is 0.00447. The zero-order valence-corrected chi connectivity index (χ0v) is 10.2. The summed E-state index contributed by atoms with van der Waals surface area (Å²) in [4.78, 5) is 0.